The maximum Gasteiger partial charge on any atom is 0.290 e. The molecule has 2 amide bonds. The van der Waals surface area contributed by atoms with Gasteiger partial charge in [-0.3, -0.25) is 14.9 Å². The highest BCUT2D eigenvalue weighted by Crippen LogP contribution is 2.24. The van der Waals surface area contributed by atoms with Gasteiger partial charge in [0.05, 0.1) is 4.91 Å². The molecule has 1 heterocycles. The van der Waals surface area contributed by atoms with Crippen LogP contribution in [0.3, 0.4) is 0 Å². The van der Waals surface area contributed by atoms with Gasteiger partial charge in [-0.1, -0.05) is 68.8 Å². The Bertz CT molecular complexity index is 704. The van der Waals surface area contributed by atoms with E-state index < -0.39 is 0 Å². The van der Waals surface area contributed by atoms with Gasteiger partial charge in [-0.05, 0) is 41.3 Å². The first-order valence-corrected chi connectivity index (χ1v) is 8.28. The highest BCUT2D eigenvalue weighted by molar-refractivity contribution is 8.18. The minimum atomic E-state index is -0.330. The van der Waals surface area contributed by atoms with Crippen molar-refractivity contribution in [1.29, 1.82) is 0 Å². The number of amides is 2. The lowest BCUT2D eigenvalue weighted by Crippen LogP contribution is -2.17. The Morgan fingerprint density at radius 2 is 1.78 bits per heavy atom. The van der Waals surface area contributed by atoms with Crippen molar-refractivity contribution in [3.8, 4) is 0 Å². The van der Waals surface area contributed by atoms with Gasteiger partial charge in [-0.25, -0.2) is 0 Å². The normalized spacial score (nSPS) is 18.1. The predicted octanol–water partition coefficient (Wildman–Crippen LogP) is 4.81. The van der Waals surface area contributed by atoms with Gasteiger partial charge in [-0.15, -0.1) is 0 Å². The second-order valence-electron chi connectivity index (χ2n) is 6.49. The van der Waals surface area contributed by atoms with Crippen LogP contribution in [0.15, 0.2) is 53.0 Å². The van der Waals surface area contributed by atoms with Crippen LogP contribution >= 0.6 is 11.8 Å². The van der Waals surface area contributed by atoms with E-state index in [9.17, 15) is 9.59 Å². The highest BCUT2D eigenvalue weighted by atomic mass is 32.2. The summed E-state index contributed by atoms with van der Waals surface area (Å²) in [5, 5.41) is 1.91. The summed E-state index contributed by atoms with van der Waals surface area (Å²) in [7, 11) is 0. The number of benzene rings is 1. The molecule has 0 aliphatic carbocycles. The van der Waals surface area contributed by atoms with Crippen molar-refractivity contribution >= 4 is 29.0 Å². The summed E-state index contributed by atoms with van der Waals surface area (Å²) in [4.78, 5) is 22.9. The molecule has 120 valence electrons. The molecule has 0 saturated carbocycles. The largest absolute Gasteiger partial charge is 0.290 e. The predicted molar refractivity (Wildman–Crippen MR) is 97.1 cm³/mol. The van der Waals surface area contributed by atoms with E-state index in [2.05, 4.69) is 56.4 Å². The first-order valence-electron chi connectivity index (χ1n) is 7.46. The van der Waals surface area contributed by atoms with Crippen molar-refractivity contribution in [3.05, 3.63) is 64.1 Å². The van der Waals surface area contributed by atoms with Crippen LogP contribution in [0.2, 0.25) is 0 Å². The second-order valence-corrected chi connectivity index (χ2v) is 7.51. The molecule has 1 N–H and O–H groups in total. The zero-order valence-electron chi connectivity index (χ0n) is 13.8. The molecule has 1 fully saturated rings. The third kappa shape index (κ3) is 4.96. The fraction of sp³-hybridized carbons (Fsp3) is 0.263. The lowest BCUT2D eigenvalue weighted by Gasteiger charge is -2.18. The number of rotatable bonds is 3. The molecule has 0 unspecified atom stereocenters. The fourth-order valence-electron chi connectivity index (χ4n) is 2.11. The molecule has 0 spiro atoms. The fourth-order valence-corrected chi connectivity index (χ4v) is 2.75. The Hall–Kier alpha value is -2.07. The minimum Gasteiger partial charge on any atom is -0.282 e. The van der Waals surface area contributed by atoms with E-state index in [1.165, 1.54) is 5.56 Å². The number of thioether (sulfide) groups is 1. The zero-order chi connectivity index (χ0) is 17.0. The molecular formula is C19H21NO2S. The molecule has 0 radical (unpaired) electrons. The lowest BCUT2D eigenvalue weighted by molar-refractivity contribution is -0.115. The summed E-state index contributed by atoms with van der Waals surface area (Å²) in [6.07, 6.45) is 7.44. The molecule has 1 aromatic carbocycles. The van der Waals surface area contributed by atoms with Gasteiger partial charge in [0.1, 0.15) is 0 Å². The molecule has 0 bridgehead atoms. The molecule has 23 heavy (non-hydrogen) atoms. The van der Waals surface area contributed by atoms with E-state index in [4.69, 9.17) is 0 Å². The number of carbonyl (C=O) groups is 2. The first kappa shape index (κ1) is 17.3. The summed E-state index contributed by atoms with van der Waals surface area (Å²) >= 11 is 0.924. The van der Waals surface area contributed by atoms with E-state index in [0.717, 1.165) is 22.9 Å². The van der Waals surface area contributed by atoms with Gasteiger partial charge in [-0.2, -0.15) is 0 Å². The van der Waals surface area contributed by atoms with Crippen LogP contribution in [0.5, 0.6) is 0 Å². The van der Waals surface area contributed by atoms with Gasteiger partial charge in [0.2, 0.25) is 0 Å². The summed E-state index contributed by atoms with van der Waals surface area (Å²) in [5.74, 6) is -0.330. The Labute approximate surface area is 141 Å². The first-order chi connectivity index (χ1) is 10.8. The van der Waals surface area contributed by atoms with Crippen LogP contribution in [-0.4, -0.2) is 11.1 Å². The monoisotopic (exact) mass is 327 g/mol. The number of hydrogen-bond donors (Lipinski definition) is 1. The molecule has 1 aromatic rings. The van der Waals surface area contributed by atoms with Crippen LogP contribution < -0.4 is 5.32 Å². The van der Waals surface area contributed by atoms with Crippen molar-refractivity contribution < 1.29 is 9.59 Å². The van der Waals surface area contributed by atoms with Gasteiger partial charge in [0.25, 0.3) is 11.1 Å². The minimum absolute atomic E-state index is 0.153. The maximum atomic E-state index is 11.4. The number of nitrogens with one attached hydrogen (secondary N) is 1. The highest BCUT2D eigenvalue weighted by Gasteiger charge is 2.24. The van der Waals surface area contributed by atoms with Gasteiger partial charge in [0, 0.05) is 0 Å². The Morgan fingerprint density at radius 3 is 2.30 bits per heavy atom. The topological polar surface area (TPSA) is 46.2 Å². The van der Waals surface area contributed by atoms with Crippen LogP contribution in [-0.2, 0) is 10.2 Å². The molecule has 1 saturated heterocycles. The molecule has 0 atom stereocenters. The maximum absolute atomic E-state index is 11.4. The average Bonchev–Trinajstić information content (AvgIpc) is 2.76. The van der Waals surface area contributed by atoms with Gasteiger partial charge >= 0.3 is 0 Å². The van der Waals surface area contributed by atoms with Gasteiger partial charge < -0.3 is 0 Å². The van der Waals surface area contributed by atoms with E-state index in [0.29, 0.717) is 4.91 Å². The van der Waals surface area contributed by atoms with Crippen molar-refractivity contribution in [1.82, 2.24) is 5.32 Å². The number of allylic oxidation sites excluding steroid dienone is 4. The Morgan fingerprint density at radius 1 is 1.13 bits per heavy atom. The molecule has 4 heteroatoms. The summed E-state index contributed by atoms with van der Waals surface area (Å²) in [5.41, 5.74) is 3.66. The smallest absolute Gasteiger partial charge is 0.282 e. The lowest BCUT2D eigenvalue weighted by atomic mass is 9.86. The molecule has 3 nitrogen and oxygen atoms in total. The molecule has 1 aliphatic rings. The second kappa shape index (κ2) is 7.01. The van der Waals surface area contributed by atoms with Crippen LogP contribution in [0.4, 0.5) is 4.79 Å². The van der Waals surface area contributed by atoms with E-state index >= 15 is 0 Å². The molecule has 2 rings (SSSR count). The zero-order valence-corrected chi connectivity index (χ0v) is 14.7. The van der Waals surface area contributed by atoms with E-state index in [-0.39, 0.29) is 16.6 Å². The quantitative estimate of drug-likeness (QED) is 0.640. The number of imide groups is 1. The summed E-state index contributed by atoms with van der Waals surface area (Å²) in [6, 6.07) is 8.51. The molecule has 1 aliphatic heterocycles. The standard InChI is InChI=1S/C19H21NO2S/c1-13(6-5-7-16-17(21)20-18(22)23-16)12-14-8-10-15(11-9-14)19(2,3)4/h5-12H,1-4H3,(H,20,21,22). The number of carbonyl (C=O) groups excluding carboxylic acids is 2. The molecule has 0 aromatic heterocycles. The van der Waals surface area contributed by atoms with Crippen LogP contribution in [0, 0.1) is 0 Å². The third-order valence-corrected chi connectivity index (χ3v) is 4.25. The SMILES string of the molecule is CC(C=CC=C1SC(=O)NC1=O)=Cc1ccc(C(C)(C)C)cc1. The average molecular weight is 327 g/mol. The Kier molecular flexibility index (Phi) is 5.26. The number of hydrogen-bond acceptors (Lipinski definition) is 3. The summed E-state index contributed by atoms with van der Waals surface area (Å²) < 4.78 is 0. The van der Waals surface area contributed by atoms with E-state index in [1.54, 1.807) is 12.2 Å². The van der Waals surface area contributed by atoms with Crippen molar-refractivity contribution in [3.63, 3.8) is 0 Å². The molecular weight excluding hydrogens is 306 g/mol. The van der Waals surface area contributed by atoms with Crippen LogP contribution in [0.25, 0.3) is 6.08 Å². The van der Waals surface area contributed by atoms with E-state index in [1.807, 2.05) is 13.0 Å². The van der Waals surface area contributed by atoms with Gasteiger partial charge in [0.15, 0.2) is 0 Å². The third-order valence-electron chi connectivity index (χ3n) is 3.42. The summed E-state index contributed by atoms with van der Waals surface area (Å²) in [6.45, 7) is 8.59. The van der Waals surface area contributed by atoms with Crippen molar-refractivity contribution in [2.24, 2.45) is 0 Å². The van der Waals surface area contributed by atoms with Crippen LogP contribution in [0.1, 0.15) is 38.8 Å². The van der Waals surface area contributed by atoms with Crippen molar-refractivity contribution in [2.75, 3.05) is 0 Å². The Balaban J connectivity index is 2.05. The van der Waals surface area contributed by atoms with Crippen molar-refractivity contribution in [2.45, 2.75) is 33.1 Å².